The first kappa shape index (κ1) is 19.2. The quantitative estimate of drug-likeness (QED) is 0.714. The minimum atomic E-state index is -0.181. The molecule has 6 nitrogen and oxygen atoms in total. The summed E-state index contributed by atoms with van der Waals surface area (Å²) in [5.41, 5.74) is 9.03. The highest BCUT2D eigenvalue weighted by Gasteiger charge is 2.32. The fourth-order valence-electron chi connectivity index (χ4n) is 4.37. The second kappa shape index (κ2) is 8.90. The van der Waals surface area contributed by atoms with E-state index in [9.17, 15) is 4.79 Å². The van der Waals surface area contributed by atoms with Gasteiger partial charge in [-0.25, -0.2) is 10.9 Å². The Morgan fingerprint density at radius 2 is 2.04 bits per heavy atom. The number of carbonyl (C=O) groups is 1. The number of likely N-dealkylation sites (tertiary alicyclic amines) is 1. The van der Waals surface area contributed by atoms with Crippen molar-refractivity contribution in [2.75, 3.05) is 19.6 Å². The summed E-state index contributed by atoms with van der Waals surface area (Å²) in [6, 6.07) is 15.0. The zero-order chi connectivity index (χ0) is 19.3. The standard InChI is InChI=1S/C22H31N5O/c1-26-12-6-10-21(26)19-15-20(25-24-19)22(28)23-18-9-5-13-27(16-18)14-11-17-7-3-2-4-8-17/h2-4,6-8,10,12,18-20,24-25H,5,9,11,13-16H2,1H3,(H,23,28). The van der Waals surface area contributed by atoms with Gasteiger partial charge >= 0.3 is 0 Å². The van der Waals surface area contributed by atoms with Crippen LogP contribution in [0.1, 0.15) is 36.6 Å². The molecule has 4 rings (SSSR count). The van der Waals surface area contributed by atoms with Gasteiger partial charge in [-0.15, -0.1) is 0 Å². The molecule has 2 fully saturated rings. The number of aromatic nitrogens is 1. The van der Waals surface area contributed by atoms with E-state index in [1.165, 1.54) is 11.3 Å². The van der Waals surface area contributed by atoms with Gasteiger partial charge in [0.1, 0.15) is 6.04 Å². The molecule has 3 heterocycles. The van der Waals surface area contributed by atoms with Crippen molar-refractivity contribution in [2.24, 2.45) is 7.05 Å². The number of aryl methyl sites for hydroxylation is 1. The predicted octanol–water partition coefficient (Wildman–Crippen LogP) is 1.76. The van der Waals surface area contributed by atoms with Crippen molar-refractivity contribution in [2.45, 2.75) is 43.8 Å². The fourth-order valence-corrected chi connectivity index (χ4v) is 4.37. The third-order valence-electron chi connectivity index (χ3n) is 5.97. The summed E-state index contributed by atoms with van der Waals surface area (Å²) in [6.07, 6.45) is 6.08. The Bertz CT molecular complexity index is 774. The third kappa shape index (κ3) is 4.63. The molecule has 3 atom stereocenters. The number of carbonyl (C=O) groups excluding carboxylic acids is 1. The highest BCUT2D eigenvalue weighted by atomic mass is 16.2. The van der Waals surface area contributed by atoms with Gasteiger partial charge < -0.3 is 14.8 Å². The lowest BCUT2D eigenvalue weighted by atomic mass is 10.0. The Labute approximate surface area is 167 Å². The normalized spacial score (nSPS) is 25.7. The number of hydrazine groups is 1. The maximum absolute atomic E-state index is 12.8. The molecule has 0 radical (unpaired) electrons. The van der Waals surface area contributed by atoms with E-state index >= 15 is 0 Å². The second-order valence-electron chi connectivity index (χ2n) is 8.06. The molecular weight excluding hydrogens is 350 g/mol. The molecule has 150 valence electrons. The average molecular weight is 382 g/mol. The molecule has 6 heteroatoms. The van der Waals surface area contributed by atoms with E-state index in [0.717, 1.165) is 45.3 Å². The smallest absolute Gasteiger partial charge is 0.238 e. The van der Waals surface area contributed by atoms with Crippen LogP contribution in [0.4, 0.5) is 0 Å². The maximum Gasteiger partial charge on any atom is 0.238 e. The molecule has 3 unspecified atom stereocenters. The first-order chi connectivity index (χ1) is 13.7. The summed E-state index contributed by atoms with van der Waals surface area (Å²) >= 11 is 0. The number of piperidine rings is 1. The van der Waals surface area contributed by atoms with E-state index in [1.54, 1.807) is 0 Å². The number of hydrogen-bond donors (Lipinski definition) is 3. The fraction of sp³-hybridized carbons (Fsp3) is 0.500. The average Bonchev–Trinajstić information content (AvgIpc) is 3.36. The summed E-state index contributed by atoms with van der Waals surface area (Å²) < 4.78 is 2.10. The number of hydrogen-bond acceptors (Lipinski definition) is 4. The summed E-state index contributed by atoms with van der Waals surface area (Å²) in [7, 11) is 2.04. The van der Waals surface area contributed by atoms with E-state index in [4.69, 9.17) is 0 Å². The highest BCUT2D eigenvalue weighted by molar-refractivity contribution is 5.82. The second-order valence-corrected chi connectivity index (χ2v) is 8.06. The molecule has 0 spiro atoms. The zero-order valence-corrected chi connectivity index (χ0v) is 16.6. The summed E-state index contributed by atoms with van der Waals surface area (Å²) in [5, 5.41) is 3.28. The molecule has 0 saturated carbocycles. The van der Waals surface area contributed by atoms with Crippen LogP contribution in [0, 0.1) is 0 Å². The van der Waals surface area contributed by atoms with E-state index in [2.05, 4.69) is 62.0 Å². The van der Waals surface area contributed by atoms with Gasteiger partial charge in [0.15, 0.2) is 0 Å². The van der Waals surface area contributed by atoms with Crippen molar-refractivity contribution < 1.29 is 4.79 Å². The van der Waals surface area contributed by atoms with Crippen molar-refractivity contribution in [1.82, 2.24) is 25.6 Å². The highest BCUT2D eigenvalue weighted by Crippen LogP contribution is 2.22. The molecule has 1 amide bonds. The van der Waals surface area contributed by atoms with Gasteiger partial charge in [-0.2, -0.15) is 0 Å². The summed E-state index contributed by atoms with van der Waals surface area (Å²) in [5.74, 6) is 0.110. The van der Waals surface area contributed by atoms with Gasteiger partial charge in [0, 0.05) is 38.1 Å². The summed E-state index contributed by atoms with van der Waals surface area (Å²) in [6.45, 7) is 3.12. The van der Waals surface area contributed by atoms with E-state index in [-0.39, 0.29) is 24.0 Å². The Balaban J connectivity index is 1.24. The number of nitrogens with zero attached hydrogens (tertiary/aromatic N) is 2. The molecule has 1 aromatic heterocycles. The van der Waals surface area contributed by atoms with Gasteiger partial charge in [-0.3, -0.25) is 4.79 Å². The van der Waals surface area contributed by atoms with E-state index < -0.39 is 0 Å². The zero-order valence-electron chi connectivity index (χ0n) is 16.6. The maximum atomic E-state index is 12.8. The lowest BCUT2D eigenvalue weighted by molar-refractivity contribution is -0.124. The Kier molecular flexibility index (Phi) is 6.10. The summed E-state index contributed by atoms with van der Waals surface area (Å²) in [4.78, 5) is 15.2. The van der Waals surface area contributed by atoms with Crippen LogP contribution in [0.2, 0.25) is 0 Å². The van der Waals surface area contributed by atoms with Crippen LogP contribution < -0.4 is 16.2 Å². The Morgan fingerprint density at radius 1 is 1.18 bits per heavy atom. The molecule has 2 saturated heterocycles. The first-order valence-corrected chi connectivity index (χ1v) is 10.4. The van der Waals surface area contributed by atoms with Crippen molar-refractivity contribution in [3.63, 3.8) is 0 Å². The van der Waals surface area contributed by atoms with Crippen molar-refractivity contribution in [1.29, 1.82) is 0 Å². The van der Waals surface area contributed by atoms with Crippen LogP contribution in [-0.2, 0) is 18.3 Å². The Morgan fingerprint density at radius 3 is 2.82 bits per heavy atom. The molecule has 0 bridgehead atoms. The number of nitrogens with one attached hydrogen (secondary N) is 3. The third-order valence-corrected chi connectivity index (χ3v) is 5.97. The largest absolute Gasteiger partial charge is 0.353 e. The van der Waals surface area contributed by atoms with Crippen molar-refractivity contribution in [3.05, 3.63) is 59.9 Å². The molecule has 3 N–H and O–H groups in total. The van der Waals surface area contributed by atoms with Crippen LogP contribution in [0.5, 0.6) is 0 Å². The SMILES string of the molecule is Cn1cccc1C1CC(C(=O)NC2CCCN(CCc3ccccc3)C2)NN1. The monoisotopic (exact) mass is 381 g/mol. The molecule has 0 aliphatic carbocycles. The molecule has 2 aromatic rings. The van der Waals surface area contributed by atoms with Gasteiger partial charge in [0.2, 0.25) is 5.91 Å². The first-order valence-electron chi connectivity index (χ1n) is 10.4. The van der Waals surface area contributed by atoms with Gasteiger partial charge in [0.05, 0.1) is 6.04 Å². The van der Waals surface area contributed by atoms with Crippen molar-refractivity contribution in [3.8, 4) is 0 Å². The number of rotatable bonds is 6. The lowest BCUT2D eigenvalue weighted by Crippen LogP contribution is -2.52. The van der Waals surface area contributed by atoms with E-state index in [1.807, 2.05) is 19.3 Å². The number of benzene rings is 1. The minimum Gasteiger partial charge on any atom is -0.353 e. The van der Waals surface area contributed by atoms with Gasteiger partial charge in [-0.05, 0) is 49.9 Å². The molecule has 2 aliphatic heterocycles. The van der Waals surface area contributed by atoms with Crippen LogP contribution in [-0.4, -0.2) is 47.1 Å². The Hall–Kier alpha value is -2.15. The van der Waals surface area contributed by atoms with Crippen molar-refractivity contribution >= 4 is 5.91 Å². The molecular formula is C22H31N5O. The van der Waals surface area contributed by atoms with Gasteiger partial charge in [0.25, 0.3) is 0 Å². The molecule has 1 aromatic carbocycles. The topological polar surface area (TPSA) is 61.3 Å². The van der Waals surface area contributed by atoms with Crippen LogP contribution >= 0.6 is 0 Å². The van der Waals surface area contributed by atoms with Crippen LogP contribution in [0.3, 0.4) is 0 Å². The van der Waals surface area contributed by atoms with Crippen LogP contribution in [0.15, 0.2) is 48.7 Å². The number of amides is 1. The van der Waals surface area contributed by atoms with E-state index in [0.29, 0.717) is 0 Å². The predicted molar refractivity (Wildman–Crippen MR) is 111 cm³/mol. The molecule has 28 heavy (non-hydrogen) atoms. The van der Waals surface area contributed by atoms with Gasteiger partial charge in [-0.1, -0.05) is 30.3 Å². The van der Waals surface area contributed by atoms with Crippen LogP contribution in [0.25, 0.3) is 0 Å². The minimum absolute atomic E-state index is 0.110. The molecule has 2 aliphatic rings. The lowest BCUT2D eigenvalue weighted by Gasteiger charge is -2.33.